The zero-order valence-corrected chi connectivity index (χ0v) is 9.61. The highest BCUT2D eigenvalue weighted by molar-refractivity contribution is 5.30. The largest absolute Gasteiger partial charge is 0.388 e. The topological polar surface area (TPSA) is 20.2 Å². The Kier molecular flexibility index (Phi) is 3.11. The van der Waals surface area contributed by atoms with Gasteiger partial charge in [-0.05, 0) is 35.8 Å². The fourth-order valence-corrected chi connectivity index (χ4v) is 1.97. The van der Waals surface area contributed by atoms with Crippen LogP contribution in [0.2, 0.25) is 0 Å². The van der Waals surface area contributed by atoms with Gasteiger partial charge < -0.3 is 5.11 Å². The zero-order valence-electron chi connectivity index (χ0n) is 9.61. The number of rotatable bonds is 4. The normalized spacial score (nSPS) is 19.9. The molecule has 1 fully saturated rings. The third-order valence-corrected chi connectivity index (χ3v) is 3.48. The molecule has 1 aromatic rings. The standard InChI is InChI=1S/C14H20O/c1-3-10(2)14(15)13-6-4-5-12(9-13)11-7-8-11/h4-6,9-11,14-15H,3,7-8H2,1-2H3. The van der Waals surface area contributed by atoms with Crippen LogP contribution in [0.1, 0.15) is 56.3 Å². The average Bonchev–Trinajstić information content (AvgIpc) is 3.11. The lowest BCUT2D eigenvalue weighted by molar-refractivity contribution is 0.115. The van der Waals surface area contributed by atoms with E-state index in [9.17, 15) is 5.11 Å². The maximum atomic E-state index is 10.1. The molecule has 0 aromatic heterocycles. The Labute approximate surface area is 92.1 Å². The van der Waals surface area contributed by atoms with Crippen LogP contribution in [0.25, 0.3) is 0 Å². The van der Waals surface area contributed by atoms with Gasteiger partial charge in [-0.25, -0.2) is 0 Å². The first-order chi connectivity index (χ1) is 7.22. The lowest BCUT2D eigenvalue weighted by Gasteiger charge is -2.18. The highest BCUT2D eigenvalue weighted by Crippen LogP contribution is 2.41. The van der Waals surface area contributed by atoms with Gasteiger partial charge in [-0.15, -0.1) is 0 Å². The van der Waals surface area contributed by atoms with Gasteiger partial charge in [-0.2, -0.15) is 0 Å². The van der Waals surface area contributed by atoms with E-state index in [2.05, 4.69) is 32.0 Å². The first-order valence-corrected chi connectivity index (χ1v) is 6.00. The molecular weight excluding hydrogens is 184 g/mol. The van der Waals surface area contributed by atoms with Crippen LogP contribution in [0.3, 0.4) is 0 Å². The molecule has 82 valence electrons. The molecule has 1 heteroatoms. The van der Waals surface area contributed by atoms with Gasteiger partial charge in [0.15, 0.2) is 0 Å². The quantitative estimate of drug-likeness (QED) is 0.793. The van der Waals surface area contributed by atoms with Gasteiger partial charge in [0.2, 0.25) is 0 Å². The summed E-state index contributed by atoms with van der Waals surface area (Å²) in [7, 11) is 0. The van der Waals surface area contributed by atoms with Crippen molar-refractivity contribution in [1.29, 1.82) is 0 Å². The van der Waals surface area contributed by atoms with E-state index in [-0.39, 0.29) is 6.10 Å². The van der Waals surface area contributed by atoms with Crippen molar-refractivity contribution in [1.82, 2.24) is 0 Å². The van der Waals surface area contributed by atoms with Crippen LogP contribution in [-0.2, 0) is 0 Å². The zero-order chi connectivity index (χ0) is 10.8. The molecular formula is C14H20O. The molecule has 0 radical (unpaired) electrons. The lowest BCUT2D eigenvalue weighted by atomic mass is 9.93. The predicted molar refractivity (Wildman–Crippen MR) is 62.8 cm³/mol. The fourth-order valence-electron chi connectivity index (χ4n) is 1.97. The van der Waals surface area contributed by atoms with Crippen LogP contribution in [-0.4, -0.2) is 5.11 Å². The number of benzene rings is 1. The van der Waals surface area contributed by atoms with E-state index in [1.54, 1.807) is 0 Å². The Bertz CT molecular complexity index is 328. The molecule has 2 unspecified atom stereocenters. The minimum absolute atomic E-state index is 0.298. The van der Waals surface area contributed by atoms with Gasteiger partial charge in [-0.3, -0.25) is 0 Å². The lowest BCUT2D eigenvalue weighted by Crippen LogP contribution is -2.08. The summed E-state index contributed by atoms with van der Waals surface area (Å²) in [5, 5.41) is 10.1. The molecule has 2 rings (SSSR count). The summed E-state index contributed by atoms with van der Waals surface area (Å²) in [4.78, 5) is 0. The van der Waals surface area contributed by atoms with E-state index in [4.69, 9.17) is 0 Å². The van der Waals surface area contributed by atoms with Crippen molar-refractivity contribution in [2.75, 3.05) is 0 Å². The second-order valence-electron chi connectivity index (χ2n) is 4.77. The predicted octanol–water partition coefficient (Wildman–Crippen LogP) is 3.64. The third kappa shape index (κ3) is 2.40. The second kappa shape index (κ2) is 4.36. The molecule has 1 N–H and O–H groups in total. The van der Waals surface area contributed by atoms with Crippen molar-refractivity contribution in [3.05, 3.63) is 35.4 Å². The van der Waals surface area contributed by atoms with E-state index < -0.39 is 0 Å². The number of hydrogen-bond acceptors (Lipinski definition) is 1. The Morgan fingerprint density at radius 2 is 2.13 bits per heavy atom. The number of hydrogen-bond donors (Lipinski definition) is 1. The van der Waals surface area contributed by atoms with E-state index in [1.165, 1.54) is 18.4 Å². The van der Waals surface area contributed by atoms with E-state index in [0.717, 1.165) is 17.9 Å². The molecule has 0 spiro atoms. The summed E-state index contributed by atoms with van der Waals surface area (Å²) in [6, 6.07) is 8.50. The summed E-state index contributed by atoms with van der Waals surface area (Å²) in [5.41, 5.74) is 2.50. The van der Waals surface area contributed by atoms with Crippen LogP contribution >= 0.6 is 0 Å². The summed E-state index contributed by atoms with van der Waals surface area (Å²) < 4.78 is 0. The summed E-state index contributed by atoms with van der Waals surface area (Å²) in [6.45, 7) is 4.23. The van der Waals surface area contributed by atoms with Gasteiger partial charge in [0.05, 0.1) is 6.10 Å². The highest BCUT2D eigenvalue weighted by atomic mass is 16.3. The Balaban J connectivity index is 2.16. The van der Waals surface area contributed by atoms with Gasteiger partial charge in [0.1, 0.15) is 0 Å². The van der Waals surface area contributed by atoms with Crippen molar-refractivity contribution in [3.63, 3.8) is 0 Å². The molecule has 15 heavy (non-hydrogen) atoms. The Morgan fingerprint density at radius 1 is 1.40 bits per heavy atom. The van der Waals surface area contributed by atoms with Crippen molar-refractivity contribution < 1.29 is 5.11 Å². The first kappa shape index (κ1) is 10.7. The Hall–Kier alpha value is -0.820. The molecule has 1 aliphatic rings. The molecule has 1 aromatic carbocycles. The first-order valence-electron chi connectivity index (χ1n) is 6.00. The maximum absolute atomic E-state index is 10.1. The van der Waals surface area contributed by atoms with Crippen LogP contribution in [0.4, 0.5) is 0 Å². The summed E-state index contributed by atoms with van der Waals surface area (Å²) in [6.07, 6.45) is 3.37. The van der Waals surface area contributed by atoms with Gasteiger partial charge >= 0.3 is 0 Å². The summed E-state index contributed by atoms with van der Waals surface area (Å²) in [5.74, 6) is 1.12. The molecule has 0 saturated heterocycles. The second-order valence-corrected chi connectivity index (χ2v) is 4.77. The molecule has 1 aliphatic carbocycles. The monoisotopic (exact) mass is 204 g/mol. The maximum Gasteiger partial charge on any atom is 0.0815 e. The van der Waals surface area contributed by atoms with Crippen LogP contribution < -0.4 is 0 Å². The van der Waals surface area contributed by atoms with Gasteiger partial charge in [0, 0.05) is 0 Å². The number of aliphatic hydroxyl groups excluding tert-OH is 1. The van der Waals surface area contributed by atoms with Gasteiger partial charge in [0.25, 0.3) is 0 Å². The van der Waals surface area contributed by atoms with Crippen molar-refractivity contribution >= 4 is 0 Å². The van der Waals surface area contributed by atoms with Gasteiger partial charge in [-0.1, -0.05) is 44.5 Å². The van der Waals surface area contributed by atoms with Crippen molar-refractivity contribution in [2.24, 2.45) is 5.92 Å². The fraction of sp³-hybridized carbons (Fsp3) is 0.571. The molecule has 0 heterocycles. The molecule has 1 nitrogen and oxygen atoms in total. The Morgan fingerprint density at radius 3 is 2.73 bits per heavy atom. The van der Waals surface area contributed by atoms with Crippen molar-refractivity contribution in [2.45, 2.75) is 45.1 Å². The third-order valence-electron chi connectivity index (χ3n) is 3.48. The van der Waals surface area contributed by atoms with E-state index in [1.807, 2.05) is 6.07 Å². The molecule has 2 atom stereocenters. The molecule has 1 saturated carbocycles. The molecule has 0 amide bonds. The van der Waals surface area contributed by atoms with Crippen LogP contribution in [0.15, 0.2) is 24.3 Å². The smallest absolute Gasteiger partial charge is 0.0815 e. The summed E-state index contributed by atoms with van der Waals surface area (Å²) >= 11 is 0. The van der Waals surface area contributed by atoms with Crippen LogP contribution in [0.5, 0.6) is 0 Å². The SMILES string of the molecule is CCC(C)C(O)c1cccc(C2CC2)c1. The highest BCUT2D eigenvalue weighted by Gasteiger charge is 2.24. The molecule has 0 aliphatic heterocycles. The molecule has 0 bridgehead atoms. The van der Waals surface area contributed by atoms with E-state index in [0.29, 0.717) is 5.92 Å². The van der Waals surface area contributed by atoms with Crippen molar-refractivity contribution in [3.8, 4) is 0 Å². The minimum atomic E-state index is -0.298. The minimum Gasteiger partial charge on any atom is -0.388 e. The number of aliphatic hydroxyl groups is 1. The van der Waals surface area contributed by atoms with Crippen LogP contribution in [0, 0.1) is 5.92 Å². The van der Waals surface area contributed by atoms with E-state index >= 15 is 0 Å². The average molecular weight is 204 g/mol.